The summed E-state index contributed by atoms with van der Waals surface area (Å²) in [6.07, 6.45) is 3.34. The Balaban J connectivity index is 1.55. The largest absolute Gasteiger partial charge is 0.342 e. The Bertz CT molecular complexity index is 947. The number of halogens is 2. The monoisotopic (exact) mass is 441 g/mol. The summed E-state index contributed by atoms with van der Waals surface area (Å²) in [7, 11) is -3.39. The number of hydrogen-bond acceptors (Lipinski definition) is 4. The Morgan fingerprint density at radius 2 is 1.73 bits per heavy atom. The molecular weight excluding hydrogens is 412 g/mol. The molecule has 9 heteroatoms. The quantitative estimate of drug-likeness (QED) is 0.718. The van der Waals surface area contributed by atoms with Crippen molar-refractivity contribution in [2.45, 2.75) is 32.7 Å². The van der Waals surface area contributed by atoms with Gasteiger partial charge < -0.3 is 4.90 Å². The maximum Gasteiger partial charge on any atom is 0.230 e. The van der Waals surface area contributed by atoms with E-state index in [1.807, 2.05) is 11.8 Å². The Morgan fingerprint density at radius 1 is 1.03 bits per heavy atom. The standard InChI is InChI=1S/C21H29F2N3O3S/c1-3-25-11-8-21(19(25)27)15-26(30(2,28)29)14-20(21)6-9-24(10-7-20)13-16-4-5-17(22)18(23)12-16/h4-5,12H,3,6-11,13-15H2,1-2H3. The van der Waals surface area contributed by atoms with Gasteiger partial charge in [0.05, 0.1) is 11.7 Å². The number of fused-ring (bicyclic) bond motifs is 1. The summed E-state index contributed by atoms with van der Waals surface area (Å²) in [6, 6.07) is 3.95. The molecule has 1 atom stereocenters. The highest BCUT2D eigenvalue weighted by Gasteiger charge is 2.66. The smallest absolute Gasteiger partial charge is 0.230 e. The van der Waals surface area contributed by atoms with Gasteiger partial charge >= 0.3 is 0 Å². The van der Waals surface area contributed by atoms with E-state index in [1.54, 1.807) is 6.07 Å². The van der Waals surface area contributed by atoms with Gasteiger partial charge in [-0.3, -0.25) is 9.69 Å². The second kappa shape index (κ2) is 7.53. The van der Waals surface area contributed by atoms with Gasteiger partial charge in [0.1, 0.15) is 0 Å². The highest BCUT2D eigenvalue weighted by molar-refractivity contribution is 7.88. The zero-order valence-corrected chi connectivity index (χ0v) is 18.4. The topological polar surface area (TPSA) is 60.9 Å². The summed E-state index contributed by atoms with van der Waals surface area (Å²) in [5.74, 6) is -1.62. The minimum absolute atomic E-state index is 0.0882. The molecule has 166 valence electrons. The van der Waals surface area contributed by atoms with Crippen LogP contribution in [0.15, 0.2) is 18.2 Å². The van der Waals surface area contributed by atoms with Crippen molar-refractivity contribution in [1.29, 1.82) is 0 Å². The van der Waals surface area contributed by atoms with E-state index in [9.17, 15) is 22.0 Å². The van der Waals surface area contributed by atoms with E-state index in [4.69, 9.17) is 0 Å². The van der Waals surface area contributed by atoms with Crippen LogP contribution in [0.4, 0.5) is 8.78 Å². The number of hydrogen-bond donors (Lipinski definition) is 0. The van der Waals surface area contributed by atoms with E-state index in [0.29, 0.717) is 64.1 Å². The lowest BCUT2D eigenvalue weighted by Gasteiger charge is -2.47. The van der Waals surface area contributed by atoms with Crippen molar-refractivity contribution < 1.29 is 22.0 Å². The Labute approximate surface area is 176 Å². The fourth-order valence-electron chi connectivity index (χ4n) is 5.70. The fraction of sp³-hybridized carbons (Fsp3) is 0.667. The first-order valence-electron chi connectivity index (χ1n) is 10.5. The van der Waals surface area contributed by atoms with Gasteiger partial charge in [-0.1, -0.05) is 6.07 Å². The van der Waals surface area contributed by atoms with Gasteiger partial charge in [-0.2, -0.15) is 0 Å². The summed E-state index contributed by atoms with van der Waals surface area (Å²) in [4.78, 5) is 17.4. The molecule has 1 aromatic rings. The lowest BCUT2D eigenvalue weighted by atomic mass is 9.60. The zero-order valence-electron chi connectivity index (χ0n) is 17.5. The molecule has 4 rings (SSSR count). The van der Waals surface area contributed by atoms with Gasteiger partial charge in [-0.05, 0) is 57.0 Å². The van der Waals surface area contributed by atoms with Gasteiger partial charge in [-0.15, -0.1) is 0 Å². The van der Waals surface area contributed by atoms with Crippen LogP contribution in [-0.2, 0) is 21.4 Å². The first kappa shape index (κ1) is 21.6. The predicted molar refractivity (Wildman–Crippen MR) is 109 cm³/mol. The molecule has 0 aliphatic carbocycles. The van der Waals surface area contributed by atoms with Crippen LogP contribution in [0.2, 0.25) is 0 Å². The molecule has 6 nitrogen and oxygen atoms in total. The average molecular weight is 442 g/mol. The molecule has 1 unspecified atom stereocenters. The molecule has 30 heavy (non-hydrogen) atoms. The summed E-state index contributed by atoms with van der Waals surface area (Å²) < 4.78 is 52.9. The van der Waals surface area contributed by atoms with Crippen LogP contribution < -0.4 is 0 Å². The lowest BCUT2D eigenvalue weighted by Crippen LogP contribution is -2.52. The van der Waals surface area contributed by atoms with E-state index < -0.39 is 27.1 Å². The van der Waals surface area contributed by atoms with Crippen molar-refractivity contribution in [2.24, 2.45) is 10.8 Å². The molecular formula is C21H29F2N3O3S. The molecule has 0 N–H and O–H groups in total. The number of sulfonamides is 1. The second-order valence-electron chi connectivity index (χ2n) is 9.05. The molecule has 1 aromatic carbocycles. The van der Waals surface area contributed by atoms with E-state index in [2.05, 4.69) is 4.90 Å². The van der Waals surface area contributed by atoms with Crippen molar-refractivity contribution in [3.05, 3.63) is 35.4 Å². The molecule has 3 heterocycles. The Morgan fingerprint density at radius 3 is 2.30 bits per heavy atom. The maximum absolute atomic E-state index is 13.5. The Kier molecular flexibility index (Phi) is 5.43. The molecule has 0 radical (unpaired) electrons. The summed E-state index contributed by atoms with van der Waals surface area (Å²) in [5, 5.41) is 0. The zero-order chi connectivity index (χ0) is 21.7. The third-order valence-corrected chi connectivity index (χ3v) is 8.70. The maximum atomic E-state index is 13.5. The number of nitrogens with zero attached hydrogens (tertiary/aromatic N) is 3. The molecule has 2 spiro atoms. The Hall–Kier alpha value is -1.58. The van der Waals surface area contributed by atoms with E-state index in [1.165, 1.54) is 16.6 Å². The average Bonchev–Trinajstić information content (AvgIpc) is 3.19. The van der Waals surface area contributed by atoms with Gasteiger partial charge in [0.15, 0.2) is 11.6 Å². The van der Waals surface area contributed by atoms with Crippen LogP contribution in [0.25, 0.3) is 0 Å². The third kappa shape index (κ3) is 3.44. The molecule has 3 aliphatic heterocycles. The van der Waals surface area contributed by atoms with E-state index >= 15 is 0 Å². The third-order valence-electron chi connectivity index (χ3n) is 7.50. The number of carbonyl (C=O) groups is 1. The van der Waals surface area contributed by atoms with Crippen LogP contribution in [0.1, 0.15) is 31.7 Å². The summed E-state index contributed by atoms with van der Waals surface area (Å²) in [6.45, 7) is 5.81. The number of piperidine rings is 1. The van der Waals surface area contributed by atoms with Gasteiger partial charge in [0.2, 0.25) is 15.9 Å². The number of likely N-dealkylation sites (tertiary alicyclic amines) is 2. The first-order chi connectivity index (χ1) is 14.1. The molecule has 3 saturated heterocycles. The second-order valence-corrected chi connectivity index (χ2v) is 11.0. The van der Waals surface area contributed by atoms with Gasteiger partial charge in [0, 0.05) is 38.1 Å². The van der Waals surface area contributed by atoms with Crippen molar-refractivity contribution in [1.82, 2.24) is 14.1 Å². The minimum Gasteiger partial charge on any atom is -0.342 e. The van der Waals surface area contributed by atoms with Gasteiger partial charge in [0.25, 0.3) is 0 Å². The van der Waals surface area contributed by atoms with Crippen LogP contribution in [-0.4, -0.2) is 74.0 Å². The first-order valence-corrected chi connectivity index (χ1v) is 12.4. The molecule has 0 aromatic heterocycles. The lowest BCUT2D eigenvalue weighted by molar-refractivity contribution is -0.142. The van der Waals surface area contributed by atoms with Crippen LogP contribution in [0.3, 0.4) is 0 Å². The molecule has 1 amide bonds. The SMILES string of the molecule is CCN1CCC2(CN(S(C)(=O)=O)CC23CCN(Cc2ccc(F)c(F)c2)CC3)C1=O. The molecule has 0 saturated carbocycles. The predicted octanol–water partition coefficient (Wildman–Crippen LogP) is 2.06. The number of carbonyl (C=O) groups excluding carboxylic acids is 1. The van der Waals surface area contributed by atoms with Crippen molar-refractivity contribution in [3.8, 4) is 0 Å². The molecule has 0 bridgehead atoms. The summed E-state index contributed by atoms with van der Waals surface area (Å²) in [5.41, 5.74) is -0.320. The van der Waals surface area contributed by atoms with Gasteiger partial charge in [-0.25, -0.2) is 21.5 Å². The van der Waals surface area contributed by atoms with Crippen LogP contribution in [0, 0.1) is 22.5 Å². The number of benzene rings is 1. The van der Waals surface area contributed by atoms with Crippen LogP contribution >= 0.6 is 0 Å². The minimum atomic E-state index is -3.39. The number of amides is 1. The van der Waals surface area contributed by atoms with Crippen molar-refractivity contribution in [3.63, 3.8) is 0 Å². The summed E-state index contributed by atoms with van der Waals surface area (Å²) >= 11 is 0. The highest BCUT2D eigenvalue weighted by Crippen LogP contribution is 2.58. The van der Waals surface area contributed by atoms with Crippen molar-refractivity contribution >= 4 is 15.9 Å². The number of rotatable bonds is 4. The fourth-order valence-corrected chi connectivity index (χ4v) is 6.63. The van der Waals surface area contributed by atoms with E-state index in [-0.39, 0.29) is 17.9 Å². The molecule has 3 fully saturated rings. The normalized spacial score (nSPS) is 27.6. The van der Waals surface area contributed by atoms with Crippen LogP contribution in [0.5, 0.6) is 0 Å². The van der Waals surface area contributed by atoms with E-state index in [0.717, 1.165) is 6.07 Å². The molecule has 3 aliphatic rings. The highest BCUT2D eigenvalue weighted by atomic mass is 32.2. The van der Waals surface area contributed by atoms with Crippen molar-refractivity contribution in [2.75, 3.05) is 45.5 Å².